The van der Waals surface area contributed by atoms with Crippen molar-refractivity contribution in [3.8, 4) is 0 Å². The lowest BCUT2D eigenvalue weighted by Gasteiger charge is -2.26. The van der Waals surface area contributed by atoms with E-state index in [9.17, 15) is 0 Å². The second kappa shape index (κ2) is 5.71. The summed E-state index contributed by atoms with van der Waals surface area (Å²) in [7, 11) is 0. The molecule has 2 aromatic rings. The molecular weight excluding hydrogens is 258 g/mol. The van der Waals surface area contributed by atoms with Gasteiger partial charge in [-0.2, -0.15) is 16.9 Å². The van der Waals surface area contributed by atoms with Crippen LogP contribution in [0.5, 0.6) is 0 Å². The number of benzene rings is 1. The standard InChI is InChI=1S/C13H19N5S/c14-11-7-10-9-16-17-12(10)8-13(11)15-1-2-18-3-5-19-6-4-18/h7-9,15H,1-6,14H2,(H,16,17). The van der Waals surface area contributed by atoms with Crippen LogP contribution < -0.4 is 11.1 Å². The van der Waals surface area contributed by atoms with Gasteiger partial charge in [-0.3, -0.25) is 10.00 Å². The average molecular weight is 277 g/mol. The lowest BCUT2D eigenvalue weighted by Crippen LogP contribution is -2.36. The lowest BCUT2D eigenvalue weighted by molar-refractivity contribution is 0.314. The zero-order valence-electron chi connectivity index (χ0n) is 10.9. The van der Waals surface area contributed by atoms with E-state index in [-0.39, 0.29) is 0 Å². The molecule has 1 aromatic heterocycles. The minimum Gasteiger partial charge on any atom is -0.397 e. The number of thioether (sulfide) groups is 1. The van der Waals surface area contributed by atoms with E-state index in [4.69, 9.17) is 5.73 Å². The van der Waals surface area contributed by atoms with Crippen LogP contribution in [-0.4, -0.2) is 52.8 Å². The third-order valence-electron chi connectivity index (χ3n) is 3.46. The van der Waals surface area contributed by atoms with Gasteiger partial charge in [0.2, 0.25) is 0 Å². The molecule has 19 heavy (non-hydrogen) atoms. The van der Waals surface area contributed by atoms with Gasteiger partial charge in [0.15, 0.2) is 0 Å². The van der Waals surface area contributed by atoms with E-state index < -0.39 is 0 Å². The summed E-state index contributed by atoms with van der Waals surface area (Å²) in [5.74, 6) is 2.50. The van der Waals surface area contributed by atoms with Gasteiger partial charge < -0.3 is 11.1 Å². The smallest absolute Gasteiger partial charge is 0.0672 e. The maximum atomic E-state index is 6.04. The highest BCUT2D eigenvalue weighted by Crippen LogP contribution is 2.24. The molecule has 1 aliphatic heterocycles. The summed E-state index contributed by atoms with van der Waals surface area (Å²) in [4.78, 5) is 2.49. The third-order valence-corrected chi connectivity index (χ3v) is 4.40. The molecule has 5 nitrogen and oxygen atoms in total. The Bertz CT molecular complexity index is 547. The minimum absolute atomic E-state index is 0.781. The molecule has 0 atom stereocenters. The summed E-state index contributed by atoms with van der Waals surface area (Å²) in [6, 6.07) is 3.99. The first-order valence-electron chi connectivity index (χ1n) is 6.59. The van der Waals surface area contributed by atoms with Crippen LogP contribution in [0.3, 0.4) is 0 Å². The SMILES string of the molecule is Nc1cc2cn[nH]c2cc1NCCN1CCSCC1. The van der Waals surface area contributed by atoms with Gasteiger partial charge in [0, 0.05) is 43.1 Å². The van der Waals surface area contributed by atoms with Crippen molar-refractivity contribution in [2.75, 3.05) is 48.7 Å². The van der Waals surface area contributed by atoms with Crippen LogP contribution in [-0.2, 0) is 0 Å². The van der Waals surface area contributed by atoms with Gasteiger partial charge >= 0.3 is 0 Å². The van der Waals surface area contributed by atoms with E-state index in [0.29, 0.717) is 0 Å². The predicted octanol–water partition coefficient (Wildman–Crippen LogP) is 1.61. The Morgan fingerprint density at radius 2 is 2.21 bits per heavy atom. The molecule has 0 aliphatic carbocycles. The van der Waals surface area contributed by atoms with E-state index >= 15 is 0 Å². The van der Waals surface area contributed by atoms with Gasteiger partial charge in [-0.15, -0.1) is 0 Å². The van der Waals surface area contributed by atoms with Crippen molar-refractivity contribution < 1.29 is 0 Å². The quantitative estimate of drug-likeness (QED) is 0.741. The van der Waals surface area contributed by atoms with Crippen LogP contribution in [0.15, 0.2) is 18.3 Å². The van der Waals surface area contributed by atoms with Gasteiger partial charge in [0.05, 0.1) is 23.1 Å². The van der Waals surface area contributed by atoms with Gasteiger partial charge in [-0.05, 0) is 12.1 Å². The summed E-state index contributed by atoms with van der Waals surface area (Å²) in [6.07, 6.45) is 1.79. The first-order valence-corrected chi connectivity index (χ1v) is 7.75. The number of anilines is 2. The van der Waals surface area contributed by atoms with Gasteiger partial charge in [0.25, 0.3) is 0 Å². The Morgan fingerprint density at radius 3 is 3.05 bits per heavy atom. The van der Waals surface area contributed by atoms with Crippen LogP contribution in [0.4, 0.5) is 11.4 Å². The summed E-state index contributed by atoms with van der Waals surface area (Å²) in [5, 5.41) is 11.5. The molecule has 1 saturated heterocycles. The minimum atomic E-state index is 0.781. The number of hydrogen-bond acceptors (Lipinski definition) is 5. The van der Waals surface area contributed by atoms with Crippen molar-refractivity contribution in [2.24, 2.45) is 0 Å². The average Bonchev–Trinajstić information content (AvgIpc) is 2.87. The third kappa shape index (κ3) is 2.96. The highest BCUT2D eigenvalue weighted by molar-refractivity contribution is 7.99. The molecule has 0 amide bonds. The zero-order chi connectivity index (χ0) is 13.1. The number of H-pyrrole nitrogens is 1. The van der Waals surface area contributed by atoms with E-state index in [0.717, 1.165) is 35.4 Å². The van der Waals surface area contributed by atoms with Crippen molar-refractivity contribution >= 4 is 34.0 Å². The molecule has 4 N–H and O–H groups in total. The molecule has 1 aromatic carbocycles. The van der Waals surface area contributed by atoms with Crippen molar-refractivity contribution in [1.82, 2.24) is 15.1 Å². The number of nitrogens with one attached hydrogen (secondary N) is 2. The molecule has 0 unspecified atom stereocenters. The molecule has 2 heterocycles. The molecule has 0 saturated carbocycles. The summed E-state index contributed by atoms with van der Waals surface area (Å²) < 4.78 is 0. The Morgan fingerprint density at radius 1 is 1.37 bits per heavy atom. The number of hydrogen-bond donors (Lipinski definition) is 3. The second-order valence-electron chi connectivity index (χ2n) is 4.78. The fourth-order valence-electron chi connectivity index (χ4n) is 2.34. The Hall–Kier alpha value is -1.40. The van der Waals surface area contributed by atoms with Crippen molar-refractivity contribution in [2.45, 2.75) is 0 Å². The van der Waals surface area contributed by atoms with Crippen LogP contribution in [0.2, 0.25) is 0 Å². The van der Waals surface area contributed by atoms with Gasteiger partial charge in [0.1, 0.15) is 0 Å². The van der Waals surface area contributed by atoms with Crippen LogP contribution in [0.1, 0.15) is 0 Å². The Balaban J connectivity index is 1.59. The molecule has 6 heteroatoms. The highest BCUT2D eigenvalue weighted by atomic mass is 32.2. The van der Waals surface area contributed by atoms with Crippen LogP contribution in [0, 0.1) is 0 Å². The van der Waals surface area contributed by atoms with E-state index in [1.54, 1.807) is 6.20 Å². The number of aromatic amines is 1. The Labute approximate surface area is 116 Å². The highest BCUT2D eigenvalue weighted by Gasteiger charge is 2.10. The van der Waals surface area contributed by atoms with Crippen molar-refractivity contribution in [3.63, 3.8) is 0 Å². The van der Waals surface area contributed by atoms with Crippen molar-refractivity contribution in [3.05, 3.63) is 18.3 Å². The number of nitrogens with zero attached hydrogens (tertiary/aromatic N) is 2. The number of rotatable bonds is 4. The van der Waals surface area contributed by atoms with E-state index in [1.165, 1.54) is 24.6 Å². The summed E-state index contributed by atoms with van der Waals surface area (Å²) in [6.45, 7) is 4.39. The first-order chi connectivity index (χ1) is 9.33. The summed E-state index contributed by atoms with van der Waals surface area (Å²) in [5.41, 5.74) is 8.83. The molecule has 0 radical (unpaired) electrons. The molecule has 0 spiro atoms. The molecule has 102 valence electrons. The molecule has 1 fully saturated rings. The van der Waals surface area contributed by atoms with Crippen LogP contribution >= 0.6 is 11.8 Å². The maximum absolute atomic E-state index is 6.04. The largest absolute Gasteiger partial charge is 0.397 e. The molecule has 3 rings (SSSR count). The van der Waals surface area contributed by atoms with E-state index in [2.05, 4.69) is 20.4 Å². The molecular formula is C13H19N5S. The number of aromatic nitrogens is 2. The number of fused-ring (bicyclic) bond motifs is 1. The van der Waals surface area contributed by atoms with Gasteiger partial charge in [-0.25, -0.2) is 0 Å². The second-order valence-corrected chi connectivity index (χ2v) is 6.00. The number of nitrogen functional groups attached to an aromatic ring is 1. The zero-order valence-corrected chi connectivity index (χ0v) is 11.7. The Kier molecular flexibility index (Phi) is 3.79. The fraction of sp³-hybridized carbons (Fsp3) is 0.462. The normalized spacial score (nSPS) is 16.8. The first kappa shape index (κ1) is 12.6. The fourth-order valence-corrected chi connectivity index (χ4v) is 3.31. The van der Waals surface area contributed by atoms with Crippen molar-refractivity contribution in [1.29, 1.82) is 0 Å². The monoisotopic (exact) mass is 277 g/mol. The predicted molar refractivity (Wildman–Crippen MR) is 82.8 cm³/mol. The lowest BCUT2D eigenvalue weighted by atomic mass is 10.2. The molecule has 0 bridgehead atoms. The molecule has 1 aliphatic rings. The van der Waals surface area contributed by atoms with Gasteiger partial charge in [-0.1, -0.05) is 0 Å². The topological polar surface area (TPSA) is 70.0 Å². The number of nitrogens with two attached hydrogens (primary N) is 1. The van der Waals surface area contributed by atoms with E-state index in [1.807, 2.05) is 23.9 Å². The van der Waals surface area contributed by atoms with Crippen LogP contribution in [0.25, 0.3) is 10.9 Å². The summed E-state index contributed by atoms with van der Waals surface area (Å²) >= 11 is 2.04. The maximum Gasteiger partial charge on any atom is 0.0672 e.